The molecule has 1 heterocycles. The molecule has 0 fully saturated rings. The number of thiophene rings is 1. The van der Waals surface area contributed by atoms with Gasteiger partial charge in [0, 0.05) is 15.8 Å². The summed E-state index contributed by atoms with van der Waals surface area (Å²) in [4.78, 5) is 1.92. The van der Waals surface area contributed by atoms with Crippen LogP contribution in [0.3, 0.4) is 0 Å². The van der Waals surface area contributed by atoms with Crippen molar-refractivity contribution in [2.75, 3.05) is 6.54 Å². The first-order valence-electron chi connectivity index (χ1n) is 4.78. The van der Waals surface area contributed by atoms with E-state index in [9.17, 15) is 17.6 Å². The second-order valence-corrected chi connectivity index (χ2v) is 4.93. The zero-order chi connectivity index (χ0) is 12.3. The summed E-state index contributed by atoms with van der Waals surface area (Å²) in [7, 11) is 0. The van der Waals surface area contributed by atoms with Crippen molar-refractivity contribution in [2.45, 2.75) is 32.2 Å². The molecule has 16 heavy (non-hydrogen) atoms. The van der Waals surface area contributed by atoms with Gasteiger partial charge in [-0.1, -0.05) is 0 Å². The minimum Gasteiger partial charge on any atom is -0.304 e. The van der Waals surface area contributed by atoms with Crippen molar-refractivity contribution in [1.29, 1.82) is 0 Å². The highest BCUT2D eigenvalue weighted by molar-refractivity contribution is 7.12. The van der Waals surface area contributed by atoms with Gasteiger partial charge in [0.2, 0.25) is 0 Å². The third-order valence-electron chi connectivity index (χ3n) is 2.15. The summed E-state index contributed by atoms with van der Waals surface area (Å²) < 4.78 is 49.0. The summed E-state index contributed by atoms with van der Waals surface area (Å²) in [6.07, 6.45) is -3.63. The largest absolute Gasteiger partial charge is 0.319 e. The van der Waals surface area contributed by atoms with Crippen molar-refractivity contribution in [1.82, 2.24) is 5.32 Å². The fraction of sp³-hybridized carbons (Fsp3) is 0.600. The van der Waals surface area contributed by atoms with Crippen molar-refractivity contribution in [2.24, 2.45) is 0 Å². The Hall–Kier alpha value is -0.620. The fourth-order valence-electron chi connectivity index (χ4n) is 1.15. The molecule has 0 saturated carbocycles. The lowest BCUT2D eigenvalue weighted by Gasteiger charge is -2.19. The molecule has 0 aliphatic rings. The predicted octanol–water partition coefficient (Wildman–Crippen LogP) is 3.61. The molecule has 0 radical (unpaired) electrons. The van der Waals surface area contributed by atoms with E-state index in [1.165, 1.54) is 11.3 Å². The molecule has 0 aliphatic carbocycles. The van der Waals surface area contributed by atoms with Gasteiger partial charge < -0.3 is 5.32 Å². The van der Waals surface area contributed by atoms with E-state index in [1.807, 2.05) is 13.0 Å². The van der Waals surface area contributed by atoms with Gasteiger partial charge in [0.1, 0.15) is 0 Å². The monoisotopic (exact) mass is 255 g/mol. The van der Waals surface area contributed by atoms with E-state index < -0.39 is 18.9 Å². The Morgan fingerprint density at radius 3 is 2.44 bits per heavy atom. The van der Waals surface area contributed by atoms with Crippen molar-refractivity contribution >= 4 is 11.3 Å². The molecule has 0 saturated heterocycles. The summed E-state index contributed by atoms with van der Waals surface area (Å²) in [6, 6.07) is 3.32. The second kappa shape index (κ2) is 5.14. The van der Waals surface area contributed by atoms with Crippen LogP contribution in [-0.2, 0) is 0 Å². The maximum atomic E-state index is 12.6. The van der Waals surface area contributed by atoms with Gasteiger partial charge >= 0.3 is 12.3 Å². The van der Waals surface area contributed by atoms with E-state index in [4.69, 9.17) is 0 Å². The average molecular weight is 255 g/mol. The van der Waals surface area contributed by atoms with Gasteiger partial charge in [0.05, 0.1) is 6.54 Å². The van der Waals surface area contributed by atoms with Crippen molar-refractivity contribution in [3.8, 4) is 0 Å². The number of nitrogens with one attached hydrogen (secondary N) is 1. The summed E-state index contributed by atoms with van der Waals surface area (Å²) in [5.74, 6) is -3.97. The number of halogens is 4. The predicted molar refractivity (Wildman–Crippen MR) is 56.4 cm³/mol. The molecule has 92 valence electrons. The van der Waals surface area contributed by atoms with Crippen LogP contribution in [0.5, 0.6) is 0 Å². The Kier molecular flexibility index (Phi) is 4.32. The first-order chi connectivity index (χ1) is 7.33. The van der Waals surface area contributed by atoms with Crippen LogP contribution in [0.25, 0.3) is 0 Å². The highest BCUT2D eigenvalue weighted by atomic mass is 32.1. The Balaban J connectivity index is 2.50. The van der Waals surface area contributed by atoms with Gasteiger partial charge in [0.15, 0.2) is 0 Å². The summed E-state index contributed by atoms with van der Waals surface area (Å²) in [5.41, 5.74) is 0. The highest BCUT2D eigenvalue weighted by Gasteiger charge is 2.40. The Labute approximate surface area is 95.5 Å². The van der Waals surface area contributed by atoms with E-state index in [2.05, 4.69) is 5.32 Å². The Morgan fingerprint density at radius 2 is 2.00 bits per heavy atom. The van der Waals surface area contributed by atoms with Crippen molar-refractivity contribution < 1.29 is 17.6 Å². The topological polar surface area (TPSA) is 12.0 Å². The molecule has 0 aliphatic heterocycles. The lowest BCUT2D eigenvalue weighted by atomic mass is 10.2. The maximum Gasteiger partial charge on any atom is 0.319 e. The molecule has 0 spiro atoms. The normalized spacial score (nSPS) is 14.4. The minimum atomic E-state index is -3.97. The van der Waals surface area contributed by atoms with E-state index in [-0.39, 0.29) is 6.04 Å². The van der Waals surface area contributed by atoms with Gasteiger partial charge in [-0.05, 0) is 26.0 Å². The molecule has 1 unspecified atom stereocenters. The number of aryl methyl sites for hydroxylation is 1. The zero-order valence-electron chi connectivity index (χ0n) is 8.94. The van der Waals surface area contributed by atoms with Crippen LogP contribution >= 0.6 is 11.3 Å². The van der Waals surface area contributed by atoms with Crippen LogP contribution in [0.2, 0.25) is 0 Å². The molecule has 0 amide bonds. The molecule has 1 nitrogen and oxygen atoms in total. The quantitative estimate of drug-likeness (QED) is 0.792. The van der Waals surface area contributed by atoms with Crippen molar-refractivity contribution in [3.63, 3.8) is 0 Å². The maximum absolute atomic E-state index is 12.6. The van der Waals surface area contributed by atoms with E-state index in [0.717, 1.165) is 9.75 Å². The van der Waals surface area contributed by atoms with Crippen LogP contribution < -0.4 is 5.32 Å². The summed E-state index contributed by atoms with van der Waals surface area (Å²) in [6.45, 7) is 2.56. The number of hydrogen-bond acceptors (Lipinski definition) is 2. The van der Waals surface area contributed by atoms with Crippen LogP contribution in [0.15, 0.2) is 12.1 Å². The number of rotatable bonds is 5. The van der Waals surface area contributed by atoms with E-state index in [1.54, 1.807) is 13.0 Å². The third-order valence-corrected chi connectivity index (χ3v) is 3.33. The Morgan fingerprint density at radius 1 is 1.38 bits per heavy atom. The van der Waals surface area contributed by atoms with Crippen LogP contribution in [0, 0.1) is 6.92 Å². The van der Waals surface area contributed by atoms with Crippen LogP contribution in [-0.4, -0.2) is 18.9 Å². The molecule has 1 rings (SSSR count). The zero-order valence-corrected chi connectivity index (χ0v) is 9.75. The lowest BCUT2D eigenvalue weighted by molar-refractivity contribution is -0.126. The average Bonchev–Trinajstić information content (AvgIpc) is 2.61. The molecular formula is C10H13F4NS. The fourth-order valence-corrected chi connectivity index (χ4v) is 2.06. The first kappa shape index (κ1) is 13.4. The molecule has 0 aromatic carbocycles. The second-order valence-electron chi connectivity index (χ2n) is 3.61. The van der Waals surface area contributed by atoms with E-state index in [0.29, 0.717) is 0 Å². The Bertz CT molecular complexity index is 337. The van der Waals surface area contributed by atoms with Crippen LogP contribution in [0.4, 0.5) is 17.6 Å². The minimum absolute atomic E-state index is 0.344. The highest BCUT2D eigenvalue weighted by Crippen LogP contribution is 2.25. The lowest BCUT2D eigenvalue weighted by Crippen LogP contribution is -2.39. The van der Waals surface area contributed by atoms with Gasteiger partial charge in [-0.25, -0.2) is 8.78 Å². The third kappa shape index (κ3) is 3.45. The molecule has 1 N–H and O–H groups in total. The van der Waals surface area contributed by atoms with E-state index >= 15 is 0 Å². The molecule has 6 heteroatoms. The van der Waals surface area contributed by atoms with Gasteiger partial charge in [-0.15, -0.1) is 11.3 Å². The van der Waals surface area contributed by atoms with Gasteiger partial charge in [0.25, 0.3) is 0 Å². The smallest absolute Gasteiger partial charge is 0.304 e. The molecule has 1 aromatic heterocycles. The number of alkyl halides is 4. The molecule has 1 atom stereocenters. The molecular weight excluding hydrogens is 242 g/mol. The summed E-state index contributed by atoms with van der Waals surface area (Å²) >= 11 is 1.46. The standard InChI is InChI=1S/C10H13F4NS/c1-6-3-4-8(16-6)7(2)15-5-10(13,14)9(11)12/h3-4,7,9,15H,5H2,1-2H3. The van der Waals surface area contributed by atoms with Gasteiger partial charge in [-0.2, -0.15) is 8.78 Å². The number of hydrogen-bond donors (Lipinski definition) is 1. The van der Waals surface area contributed by atoms with Gasteiger partial charge in [-0.3, -0.25) is 0 Å². The van der Waals surface area contributed by atoms with Crippen LogP contribution in [0.1, 0.15) is 22.7 Å². The first-order valence-corrected chi connectivity index (χ1v) is 5.60. The van der Waals surface area contributed by atoms with Crippen molar-refractivity contribution in [3.05, 3.63) is 21.9 Å². The summed E-state index contributed by atoms with van der Waals surface area (Å²) in [5, 5.41) is 2.41. The molecule has 0 bridgehead atoms. The SMILES string of the molecule is Cc1ccc(C(C)NCC(F)(F)C(F)F)s1. The molecule has 1 aromatic rings.